The summed E-state index contributed by atoms with van der Waals surface area (Å²) in [6.45, 7) is 1.91. The van der Waals surface area contributed by atoms with Gasteiger partial charge in [0.25, 0.3) is 0 Å². The van der Waals surface area contributed by atoms with Crippen LogP contribution in [0.4, 0.5) is 0 Å². The van der Waals surface area contributed by atoms with Gasteiger partial charge in [-0.15, -0.1) is 11.3 Å². The fourth-order valence-corrected chi connectivity index (χ4v) is 3.85. The maximum Gasteiger partial charge on any atom is 0.194 e. The Morgan fingerprint density at radius 2 is 2.18 bits per heavy atom. The van der Waals surface area contributed by atoms with Crippen molar-refractivity contribution in [1.82, 2.24) is 9.38 Å². The average Bonchev–Trinajstić information content (AvgIpc) is 2.88. The van der Waals surface area contributed by atoms with E-state index in [1.807, 2.05) is 6.92 Å². The Kier molecular flexibility index (Phi) is 2.74. The van der Waals surface area contributed by atoms with Crippen LogP contribution in [0.15, 0.2) is 5.38 Å². The zero-order valence-corrected chi connectivity index (χ0v) is 10.8. The molecule has 3 nitrogen and oxygen atoms in total. The number of aldehydes is 1. The molecule has 17 heavy (non-hydrogen) atoms. The second kappa shape index (κ2) is 4.26. The van der Waals surface area contributed by atoms with E-state index in [2.05, 4.69) is 14.8 Å². The molecule has 0 unspecified atom stereocenters. The molecule has 0 amide bonds. The van der Waals surface area contributed by atoms with Crippen molar-refractivity contribution in [2.75, 3.05) is 0 Å². The molecule has 0 aliphatic heterocycles. The van der Waals surface area contributed by atoms with Crippen LogP contribution in [-0.2, 0) is 0 Å². The van der Waals surface area contributed by atoms with E-state index in [1.165, 1.54) is 37.8 Å². The third kappa shape index (κ3) is 1.71. The summed E-state index contributed by atoms with van der Waals surface area (Å²) in [6, 6.07) is 0. The Morgan fingerprint density at radius 3 is 2.88 bits per heavy atom. The van der Waals surface area contributed by atoms with Crippen molar-refractivity contribution < 1.29 is 4.79 Å². The highest BCUT2D eigenvalue weighted by Gasteiger charge is 2.22. The van der Waals surface area contributed by atoms with Crippen LogP contribution in [0.3, 0.4) is 0 Å². The number of aryl methyl sites for hydroxylation is 1. The molecule has 0 saturated heterocycles. The molecule has 2 heterocycles. The molecule has 4 heteroatoms. The Labute approximate surface area is 104 Å². The number of hydrogen-bond acceptors (Lipinski definition) is 3. The lowest BCUT2D eigenvalue weighted by Crippen LogP contribution is -2.08. The standard InChI is InChI=1S/C13H16N2OS/c1-9-11(7-16)15-12(8-17-13(15)14-9)10-5-3-2-4-6-10/h7-8,10H,2-6H2,1H3. The molecule has 2 aromatic rings. The van der Waals surface area contributed by atoms with E-state index >= 15 is 0 Å². The van der Waals surface area contributed by atoms with Crippen molar-refractivity contribution in [2.24, 2.45) is 0 Å². The zero-order chi connectivity index (χ0) is 11.8. The summed E-state index contributed by atoms with van der Waals surface area (Å²) in [4.78, 5) is 16.6. The van der Waals surface area contributed by atoms with Gasteiger partial charge in [0, 0.05) is 17.0 Å². The molecular formula is C13H16N2OS. The van der Waals surface area contributed by atoms with Crippen molar-refractivity contribution >= 4 is 22.6 Å². The van der Waals surface area contributed by atoms with Crippen LogP contribution in [0.1, 0.15) is 59.9 Å². The Morgan fingerprint density at radius 1 is 1.41 bits per heavy atom. The molecule has 1 saturated carbocycles. The lowest BCUT2D eigenvalue weighted by atomic mass is 9.87. The summed E-state index contributed by atoms with van der Waals surface area (Å²) in [5, 5.41) is 2.19. The minimum Gasteiger partial charge on any atom is -0.296 e. The van der Waals surface area contributed by atoms with E-state index in [4.69, 9.17) is 0 Å². The second-order valence-electron chi connectivity index (χ2n) is 4.81. The molecule has 3 rings (SSSR count). The van der Waals surface area contributed by atoms with Crippen LogP contribution < -0.4 is 0 Å². The lowest BCUT2D eigenvalue weighted by molar-refractivity contribution is 0.111. The van der Waals surface area contributed by atoms with Crippen molar-refractivity contribution in [3.8, 4) is 0 Å². The molecule has 1 aliphatic carbocycles. The third-order valence-corrected chi connectivity index (χ3v) is 4.59. The molecule has 0 N–H and O–H groups in total. The topological polar surface area (TPSA) is 34.4 Å². The number of imidazole rings is 1. The Bertz CT molecular complexity index is 549. The third-order valence-electron chi connectivity index (χ3n) is 3.74. The van der Waals surface area contributed by atoms with Gasteiger partial charge >= 0.3 is 0 Å². The molecule has 0 bridgehead atoms. The molecule has 0 spiro atoms. The number of hydrogen-bond donors (Lipinski definition) is 0. The van der Waals surface area contributed by atoms with Crippen LogP contribution in [-0.4, -0.2) is 15.7 Å². The van der Waals surface area contributed by atoms with Gasteiger partial charge in [-0.2, -0.15) is 0 Å². The highest BCUT2D eigenvalue weighted by Crippen LogP contribution is 2.35. The largest absolute Gasteiger partial charge is 0.296 e. The number of aromatic nitrogens is 2. The van der Waals surface area contributed by atoms with Gasteiger partial charge in [-0.05, 0) is 19.8 Å². The minimum absolute atomic E-state index is 0.616. The van der Waals surface area contributed by atoms with Gasteiger partial charge in [-0.3, -0.25) is 9.20 Å². The number of fused-ring (bicyclic) bond motifs is 1. The van der Waals surface area contributed by atoms with Gasteiger partial charge in [-0.25, -0.2) is 4.98 Å². The molecule has 0 atom stereocenters. The Hall–Kier alpha value is -1.16. The van der Waals surface area contributed by atoms with E-state index in [0.717, 1.165) is 22.6 Å². The maximum atomic E-state index is 11.2. The summed E-state index contributed by atoms with van der Waals surface area (Å²) in [5.74, 6) is 0.616. The van der Waals surface area contributed by atoms with Crippen LogP contribution in [0.2, 0.25) is 0 Å². The fourth-order valence-electron chi connectivity index (χ4n) is 2.83. The van der Waals surface area contributed by atoms with Crippen molar-refractivity contribution in [2.45, 2.75) is 44.9 Å². The monoisotopic (exact) mass is 248 g/mol. The number of rotatable bonds is 2. The van der Waals surface area contributed by atoms with Gasteiger partial charge in [0.1, 0.15) is 5.69 Å². The SMILES string of the molecule is Cc1nc2scc(C3CCCCC3)n2c1C=O. The predicted molar refractivity (Wildman–Crippen MR) is 69.0 cm³/mol. The van der Waals surface area contributed by atoms with Crippen LogP contribution in [0, 0.1) is 6.92 Å². The molecule has 0 radical (unpaired) electrons. The highest BCUT2D eigenvalue weighted by molar-refractivity contribution is 7.15. The summed E-state index contributed by atoms with van der Waals surface area (Å²) in [5.41, 5.74) is 2.89. The first-order valence-electron chi connectivity index (χ1n) is 6.23. The van der Waals surface area contributed by atoms with Crippen LogP contribution in [0.25, 0.3) is 4.96 Å². The molecule has 90 valence electrons. The summed E-state index contributed by atoms with van der Waals surface area (Å²) in [7, 11) is 0. The van der Waals surface area contributed by atoms with Crippen molar-refractivity contribution in [3.63, 3.8) is 0 Å². The Balaban J connectivity index is 2.12. The molecule has 1 fully saturated rings. The van der Waals surface area contributed by atoms with Crippen molar-refractivity contribution in [1.29, 1.82) is 0 Å². The molecule has 0 aromatic carbocycles. The maximum absolute atomic E-state index is 11.2. The van der Waals surface area contributed by atoms with Crippen LogP contribution >= 0.6 is 11.3 Å². The van der Waals surface area contributed by atoms with E-state index in [-0.39, 0.29) is 0 Å². The van der Waals surface area contributed by atoms with E-state index in [1.54, 1.807) is 11.3 Å². The molecular weight excluding hydrogens is 232 g/mol. The summed E-state index contributed by atoms with van der Waals surface area (Å²) in [6.07, 6.45) is 7.42. The second-order valence-corrected chi connectivity index (χ2v) is 5.65. The number of nitrogens with zero attached hydrogens (tertiary/aromatic N) is 2. The van der Waals surface area contributed by atoms with E-state index in [0.29, 0.717) is 5.92 Å². The molecule has 2 aromatic heterocycles. The smallest absolute Gasteiger partial charge is 0.194 e. The lowest BCUT2D eigenvalue weighted by Gasteiger charge is -2.21. The van der Waals surface area contributed by atoms with E-state index < -0.39 is 0 Å². The normalized spacial score (nSPS) is 17.7. The van der Waals surface area contributed by atoms with Gasteiger partial charge in [0.2, 0.25) is 0 Å². The first kappa shape index (κ1) is 11.0. The van der Waals surface area contributed by atoms with Gasteiger partial charge in [0.05, 0.1) is 5.69 Å². The van der Waals surface area contributed by atoms with Gasteiger partial charge < -0.3 is 0 Å². The van der Waals surface area contributed by atoms with Gasteiger partial charge in [0.15, 0.2) is 11.2 Å². The average molecular weight is 248 g/mol. The fraction of sp³-hybridized carbons (Fsp3) is 0.538. The molecule has 1 aliphatic rings. The highest BCUT2D eigenvalue weighted by atomic mass is 32.1. The zero-order valence-electron chi connectivity index (χ0n) is 9.98. The predicted octanol–water partition coefficient (Wildman–Crippen LogP) is 3.56. The first-order chi connectivity index (χ1) is 8.31. The number of carbonyl (C=O) groups is 1. The summed E-state index contributed by atoms with van der Waals surface area (Å²) < 4.78 is 2.07. The van der Waals surface area contributed by atoms with Crippen LogP contribution in [0.5, 0.6) is 0 Å². The van der Waals surface area contributed by atoms with Crippen molar-refractivity contribution in [3.05, 3.63) is 22.5 Å². The first-order valence-corrected chi connectivity index (χ1v) is 7.11. The number of carbonyl (C=O) groups excluding carboxylic acids is 1. The summed E-state index contributed by atoms with van der Waals surface area (Å²) >= 11 is 1.65. The minimum atomic E-state index is 0.616. The van der Waals surface area contributed by atoms with E-state index in [9.17, 15) is 4.79 Å². The quantitative estimate of drug-likeness (QED) is 0.761. The van der Waals surface area contributed by atoms with Gasteiger partial charge in [-0.1, -0.05) is 19.3 Å². The number of thiazole rings is 1.